The Morgan fingerprint density at radius 3 is 2.36 bits per heavy atom. The molecule has 0 heterocycles. The number of anilines is 1. The van der Waals surface area contributed by atoms with Gasteiger partial charge in [0.15, 0.2) is 0 Å². The zero-order valence-electron chi connectivity index (χ0n) is 13.6. The lowest BCUT2D eigenvalue weighted by Crippen LogP contribution is -2.13. The van der Waals surface area contributed by atoms with Crippen molar-refractivity contribution in [1.82, 2.24) is 0 Å². The predicted octanol–water partition coefficient (Wildman–Crippen LogP) is 3.11. The van der Waals surface area contributed by atoms with Crippen LogP contribution >= 0.6 is 0 Å². The first-order chi connectivity index (χ1) is 10.8. The van der Waals surface area contributed by atoms with Crippen LogP contribution in [0.15, 0.2) is 24.3 Å². The Bertz CT molecular complexity index is 406. The van der Waals surface area contributed by atoms with Crippen LogP contribution < -0.4 is 5.32 Å². The Morgan fingerprint density at radius 1 is 1.00 bits per heavy atom. The number of unbranched alkanes of at least 4 members (excludes halogenated alkanes) is 1. The quantitative estimate of drug-likeness (QED) is 0.475. The first-order valence-electron chi connectivity index (χ1n) is 7.94. The third-order valence-electron chi connectivity index (χ3n) is 3.02. The Kier molecular flexibility index (Phi) is 10.1. The second-order valence-corrected chi connectivity index (χ2v) is 4.80. The molecule has 0 bridgehead atoms. The van der Waals surface area contributed by atoms with E-state index in [-0.39, 0.29) is 12.6 Å². The van der Waals surface area contributed by atoms with E-state index < -0.39 is 0 Å². The summed E-state index contributed by atoms with van der Waals surface area (Å²) < 4.78 is 15.6. The van der Waals surface area contributed by atoms with E-state index in [4.69, 9.17) is 14.2 Å². The molecule has 0 spiro atoms. The van der Waals surface area contributed by atoms with Gasteiger partial charge in [0.1, 0.15) is 6.61 Å². The normalized spacial score (nSPS) is 10.5. The van der Waals surface area contributed by atoms with Crippen molar-refractivity contribution >= 4 is 11.7 Å². The van der Waals surface area contributed by atoms with Crippen LogP contribution in [0.25, 0.3) is 0 Å². The van der Waals surface area contributed by atoms with Crippen molar-refractivity contribution < 1.29 is 19.0 Å². The van der Waals surface area contributed by atoms with E-state index in [1.54, 1.807) is 12.1 Å². The summed E-state index contributed by atoms with van der Waals surface area (Å²) in [4.78, 5) is 11.8. The van der Waals surface area contributed by atoms with Gasteiger partial charge in [0, 0.05) is 18.8 Å². The molecule has 0 amide bonds. The molecule has 22 heavy (non-hydrogen) atoms. The van der Waals surface area contributed by atoms with Gasteiger partial charge in [-0.2, -0.15) is 0 Å². The van der Waals surface area contributed by atoms with Gasteiger partial charge in [-0.3, -0.25) is 0 Å². The highest BCUT2D eigenvalue weighted by Gasteiger charge is 2.06. The van der Waals surface area contributed by atoms with Crippen LogP contribution in [-0.4, -0.2) is 45.5 Å². The smallest absolute Gasteiger partial charge is 0.338 e. The average Bonchev–Trinajstić information content (AvgIpc) is 2.55. The lowest BCUT2D eigenvalue weighted by Gasteiger charge is -2.08. The zero-order chi connectivity index (χ0) is 16.0. The summed E-state index contributed by atoms with van der Waals surface area (Å²) in [7, 11) is 0. The van der Waals surface area contributed by atoms with Crippen molar-refractivity contribution in [1.29, 1.82) is 0 Å². The Balaban J connectivity index is 2.19. The molecule has 5 nitrogen and oxygen atoms in total. The second-order valence-electron chi connectivity index (χ2n) is 4.80. The predicted molar refractivity (Wildman–Crippen MR) is 87.4 cm³/mol. The second kappa shape index (κ2) is 12.0. The minimum absolute atomic E-state index is 0.251. The van der Waals surface area contributed by atoms with Gasteiger partial charge in [-0.15, -0.1) is 0 Å². The van der Waals surface area contributed by atoms with Crippen LogP contribution in [0, 0.1) is 0 Å². The van der Waals surface area contributed by atoms with E-state index in [0.717, 1.165) is 25.1 Å². The van der Waals surface area contributed by atoms with Gasteiger partial charge in [-0.1, -0.05) is 13.3 Å². The van der Waals surface area contributed by atoms with E-state index in [9.17, 15) is 4.79 Å². The Labute approximate surface area is 132 Å². The number of esters is 1. The SMILES string of the molecule is CCCCNc1ccc(C(=O)OCCOCCOCC)cc1. The maximum Gasteiger partial charge on any atom is 0.338 e. The monoisotopic (exact) mass is 309 g/mol. The molecule has 0 unspecified atom stereocenters. The van der Waals surface area contributed by atoms with Gasteiger partial charge in [0.2, 0.25) is 0 Å². The third-order valence-corrected chi connectivity index (χ3v) is 3.02. The minimum Gasteiger partial charge on any atom is -0.460 e. The van der Waals surface area contributed by atoms with Crippen LogP contribution in [0.2, 0.25) is 0 Å². The van der Waals surface area contributed by atoms with Gasteiger partial charge in [0.05, 0.1) is 25.4 Å². The molecule has 0 aromatic heterocycles. The number of carbonyl (C=O) groups is 1. The highest BCUT2D eigenvalue weighted by Crippen LogP contribution is 2.10. The fourth-order valence-electron chi connectivity index (χ4n) is 1.77. The van der Waals surface area contributed by atoms with Crippen LogP contribution in [0.3, 0.4) is 0 Å². The molecule has 0 aliphatic rings. The number of hydrogen-bond acceptors (Lipinski definition) is 5. The van der Waals surface area contributed by atoms with E-state index >= 15 is 0 Å². The molecule has 0 fully saturated rings. The van der Waals surface area contributed by atoms with Crippen molar-refractivity contribution in [3.8, 4) is 0 Å². The number of hydrogen-bond donors (Lipinski definition) is 1. The van der Waals surface area contributed by atoms with Gasteiger partial charge in [0.25, 0.3) is 0 Å². The molecule has 0 radical (unpaired) electrons. The number of benzene rings is 1. The minimum atomic E-state index is -0.325. The van der Waals surface area contributed by atoms with Crippen molar-refractivity contribution in [2.45, 2.75) is 26.7 Å². The molecule has 0 aliphatic carbocycles. The van der Waals surface area contributed by atoms with Crippen molar-refractivity contribution in [3.05, 3.63) is 29.8 Å². The molecule has 1 N–H and O–H groups in total. The highest BCUT2D eigenvalue weighted by molar-refractivity contribution is 5.89. The molecule has 0 atom stereocenters. The number of ether oxygens (including phenoxy) is 3. The average molecular weight is 309 g/mol. The topological polar surface area (TPSA) is 56.8 Å². The Morgan fingerprint density at radius 2 is 1.68 bits per heavy atom. The summed E-state index contributed by atoms with van der Waals surface area (Å²) in [5.74, 6) is -0.325. The number of rotatable bonds is 12. The summed E-state index contributed by atoms with van der Waals surface area (Å²) in [5.41, 5.74) is 1.57. The Hall–Kier alpha value is -1.59. The van der Waals surface area contributed by atoms with Crippen LogP contribution in [-0.2, 0) is 14.2 Å². The maximum atomic E-state index is 11.8. The summed E-state index contributed by atoms with van der Waals surface area (Å²) in [6, 6.07) is 7.33. The largest absolute Gasteiger partial charge is 0.460 e. The molecular weight excluding hydrogens is 282 g/mol. The summed E-state index contributed by atoms with van der Waals surface area (Å²) >= 11 is 0. The van der Waals surface area contributed by atoms with Crippen molar-refractivity contribution in [2.75, 3.05) is 44.9 Å². The van der Waals surface area contributed by atoms with Crippen LogP contribution in [0.4, 0.5) is 5.69 Å². The van der Waals surface area contributed by atoms with Gasteiger partial charge in [-0.25, -0.2) is 4.79 Å². The first-order valence-corrected chi connectivity index (χ1v) is 7.94. The van der Waals surface area contributed by atoms with Gasteiger partial charge >= 0.3 is 5.97 Å². The fraction of sp³-hybridized carbons (Fsp3) is 0.588. The fourth-order valence-corrected chi connectivity index (χ4v) is 1.77. The highest BCUT2D eigenvalue weighted by atomic mass is 16.6. The molecule has 0 saturated heterocycles. The standard InChI is InChI=1S/C17H27NO4/c1-3-5-10-18-16-8-6-15(7-9-16)17(19)22-14-13-21-12-11-20-4-2/h6-9,18H,3-5,10-14H2,1-2H3. The maximum absolute atomic E-state index is 11.8. The molecule has 1 aromatic rings. The molecular formula is C17H27NO4. The van der Waals surface area contributed by atoms with Crippen LogP contribution in [0.5, 0.6) is 0 Å². The van der Waals surface area contributed by atoms with Crippen LogP contribution in [0.1, 0.15) is 37.0 Å². The first kappa shape index (κ1) is 18.5. The zero-order valence-corrected chi connectivity index (χ0v) is 13.6. The molecule has 1 rings (SSSR count). The van der Waals surface area contributed by atoms with Crippen molar-refractivity contribution in [3.63, 3.8) is 0 Å². The molecule has 0 saturated carbocycles. The third kappa shape index (κ3) is 8.00. The van der Waals surface area contributed by atoms with Gasteiger partial charge in [-0.05, 0) is 37.6 Å². The van der Waals surface area contributed by atoms with Crippen molar-refractivity contribution in [2.24, 2.45) is 0 Å². The molecule has 1 aromatic carbocycles. The summed E-state index contributed by atoms with van der Waals surface area (Å²) in [5, 5.41) is 3.30. The molecule has 124 valence electrons. The lowest BCUT2D eigenvalue weighted by molar-refractivity contribution is 0.0164. The lowest BCUT2D eigenvalue weighted by atomic mass is 10.2. The van der Waals surface area contributed by atoms with E-state index in [2.05, 4.69) is 12.2 Å². The molecule has 5 heteroatoms. The summed E-state index contributed by atoms with van der Waals surface area (Å²) in [6.45, 7) is 7.44. The summed E-state index contributed by atoms with van der Waals surface area (Å²) in [6.07, 6.45) is 2.29. The molecule has 0 aliphatic heterocycles. The van der Waals surface area contributed by atoms with E-state index in [1.807, 2.05) is 19.1 Å². The number of carbonyl (C=O) groups excluding carboxylic acids is 1. The van der Waals surface area contributed by atoms with Gasteiger partial charge < -0.3 is 19.5 Å². The number of nitrogens with one attached hydrogen (secondary N) is 1. The van der Waals surface area contributed by atoms with E-state index in [1.165, 1.54) is 0 Å². The van der Waals surface area contributed by atoms with E-state index in [0.29, 0.717) is 32.0 Å².